The number of fused-ring (bicyclic) bond motifs is 1. The van der Waals surface area contributed by atoms with Gasteiger partial charge in [0.1, 0.15) is 6.33 Å². The van der Waals surface area contributed by atoms with Crippen molar-refractivity contribution < 1.29 is 27.1 Å². The summed E-state index contributed by atoms with van der Waals surface area (Å²) in [5.41, 5.74) is 0.886. The van der Waals surface area contributed by atoms with Gasteiger partial charge in [-0.25, -0.2) is 9.97 Å². The van der Waals surface area contributed by atoms with E-state index in [4.69, 9.17) is 9.15 Å². The first-order chi connectivity index (χ1) is 14.3. The number of nitrogens with zero attached hydrogens (tertiary/aromatic N) is 3. The average molecular weight is 414 g/mol. The molecule has 10 heteroatoms. The van der Waals surface area contributed by atoms with Crippen LogP contribution in [0.2, 0.25) is 0 Å². The predicted molar refractivity (Wildman–Crippen MR) is 101 cm³/mol. The summed E-state index contributed by atoms with van der Waals surface area (Å²) in [6.45, 7) is 1.33. The maximum absolute atomic E-state index is 12.7. The van der Waals surface area contributed by atoms with Gasteiger partial charge in [-0.3, -0.25) is 10.1 Å². The van der Waals surface area contributed by atoms with E-state index in [1.165, 1.54) is 31.5 Å². The highest BCUT2D eigenvalue weighted by Gasteiger charge is 2.30. The molecule has 0 saturated carbocycles. The fraction of sp³-hybridized carbons (Fsp3) is 0.100. The van der Waals surface area contributed by atoms with Crippen LogP contribution in [-0.2, 0) is 11.0 Å². The number of aromatic nitrogens is 3. The number of carbonyl (C=O) groups excluding carboxylic acids is 1. The van der Waals surface area contributed by atoms with Crippen LogP contribution >= 0.6 is 0 Å². The van der Waals surface area contributed by atoms with E-state index >= 15 is 0 Å². The van der Waals surface area contributed by atoms with Crippen LogP contribution in [0.5, 0.6) is 11.6 Å². The molecule has 4 rings (SSSR count). The smallest absolute Gasteiger partial charge is 0.416 e. The number of rotatable bonds is 4. The number of amides is 1. The molecule has 152 valence electrons. The number of para-hydroxylation sites is 1. The third kappa shape index (κ3) is 4.07. The van der Waals surface area contributed by atoms with E-state index in [2.05, 4.69) is 20.3 Å². The number of halogens is 3. The second kappa shape index (κ2) is 7.47. The summed E-state index contributed by atoms with van der Waals surface area (Å²) < 4.78 is 49.5. The molecule has 0 fully saturated rings. The lowest BCUT2D eigenvalue weighted by molar-refractivity contribution is -0.137. The zero-order valence-corrected chi connectivity index (χ0v) is 15.4. The van der Waals surface area contributed by atoms with E-state index in [9.17, 15) is 18.0 Å². The van der Waals surface area contributed by atoms with E-state index in [0.29, 0.717) is 28.1 Å². The number of hydrogen-bond donors (Lipinski definition) is 1. The molecule has 2 heterocycles. The summed E-state index contributed by atoms with van der Waals surface area (Å²) in [6, 6.07) is 11.1. The van der Waals surface area contributed by atoms with Gasteiger partial charge in [0, 0.05) is 18.6 Å². The first-order valence-corrected chi connectivity index (χ1v) is 8.64. The van der Waals surface area contributed by atoms with Gasteiger partial charge in [-0.15, -0.1) is 0 Å². The number of oxazole rings is 1. The molecular weight excluding hydrogens is 401 g/mol. The van der Waals surface area contributed by atoms with Crippen molar-refractivity contribution >= 4 is 23.0 Å². The Morgan fingerprint density at radius 2 is 1.87 bits per heavy atom. The van der Waals surface area contributed by atoms with E-state index in [0.717, 1.165) is 12.1 Å². The maximum atomic E-state index is 12.7. The van der Waals surface area contributed by atoms with E-state index < -0.39 is 11.7 Å². The highest BCUT2D eigenvalue weighted by Crippen LogP contribution is 2.33. The number of anilines is 1. The SMILES string of the molecule is CC(=O)Nc1nc2c(Oc3cc(-c4ccc(C(F)(F)F)cc4)ncn3)cccc2o1. The minimum Gasteiger partial charge on any atom is -0.436 e. The third-order valence-corrected chi connectivity index (χ3v) is 4.03. The molecule has 0 aliphatic heterocycles. The van der Waals surface area contributed by atoms with Gasteiger partial charge < -0.3 is 9.15 Å². The summed E-state index contributed by atoms with van der Waals surface area (Å²) in [5.74, 6) is 0.155. The molecule has 0 radical (unpaired) electrons. The molecule has 2 aromatic carbocycles. The molecule has 2 aromatic heterocycles. The van der Waals surface area contributed by atoms with Crippen molar-refractivity contribution in [2.24, 2.45) is 0 Å². The molecule has 0 aliphatic rings. The van der Waals surface area contributed by atoms with Gasteiger partial charge in [0.15, 0.2) is 16.8 Å². The molecular formula is C20H13F3N4O3. The fourth-order valence-corrected chi connectivity index (χ4v) is 2.71. The Morgan fingerprint density at radius 1 is 1.10 bits per heavy atom. The molecule has 0 atom stereocenters. The summed E-state index contributed by atoms with van der Waals surface area (Å²) in [5, 5.41) is 2.45. The number of nitrogens with one attached hydrogen (secondary N) is 1. The van der Waals surface area contributed by atoms with Crippen LogP contribution in [0.1, 0.15) is 12.5 Å². The van der Waals surface area contributed by atoms with E-state index in [1.807, 2.05) is 0 Å². The maximum Gasteiger partial charge on any atom is 0.416 e. The van der Waals surface area contributed by atoms with Crippen molar-refractivity contribution in [2.45, 2.75) is 13.1 Å². The lowest BCUT2D eigenvalue weighted by Gasteiger charge is -2.08. The van der Waals surface area contributed by atoms with Crippen LogP contribution in [-0.4, -0.2) is 20.9 Å². The highest BCUT2D eigenvalue weighted by atomic mass is 19.4. The zero-order chi connectivity index (χ0) is 21.3. The predicted octanol–water partition coefficient (Wildman–Crippen LogP) is 5.05. The first-order valence-electron chi connectivity index (χ1n) is 8.64. The van der Waals surface area contributed by atoms with Gasteiger partial charge in [0.2, 0.25) is 11.8 Å². The number of alkyl halides is 3. The van der Waals surface area contributed by atoms with Gasteiger partial charge in [-0.2, -0.15) is 18.2 Å². The lowest BCUT2D eigenvalue weighted by atomic mass is 10.1. The number of hydrogen-bond acceptors (Lipinski definition) is 6. The average Bonchev–Trinajstić information content (AvgIpc) is 3.10. The van der Waals surface area contributed by atoms with Crippen LogP contribution in [0, 0.1) is 0 Å². The minimum atomic E-state index is -4.41. The highest BCUT2D eigenvalue weighted by molar-refractivity contribution is 5.89. The Hall–Kier alpha value is -3.95. The Kier molecular flexibility index (Phi) is 4.82. The van der Waals surface area contributed by atoms with Crippen LogP contribution in [0.25, 0.3) is 22.4 Å². The van der Waals surface area contributed by atoms with E-state index in [-0.39, 0.29) is 17.8 Å². The van der Waals surface area contributed by atoms with Gasteiger partial charge in [-0.05, 0) is 24.3 Å². The fourth-order valence-electron chi connectivity index (χ4n) is 2.71. The van der Waals surface area contributed by atoms with Gasteiger partial charge in [-0.1, -0.05) is 18.2 Å². The van der Waals surface area contributed by atoms with Crippen LogP contribution in [0.4, 0.5) is 19.2 Å². The Morgan fingerprint density at radius 3 is 2.57 bits per heavy atom. The van der Waals surface area contributed by atoms with Gasteiger partial charge in [0.05, 0.1) is 11.3 Å². The Bertz CT molecular complexity index is 1220. The molecule has 0 saturated heterocycles. The zero-order valence-electron chi connectivity index (χ0n) is 15.4. The number of ether oxygens (including phenoxy) is 1. The summed E-state index contributed by atoms with van der Waals surface area (Å²) >= 11 is 0. The van der Waals surface area contributed by atoms with Crippen molar-refractivity contribution in [1.82, 2.24) is 15.0 Å². The molecule has 1 N–H and O–H groups in total. The molecule has 1 amide bonds. The van der Waals surface area contributed by atoms with Crippen molar-refractivity contribution in [3.63, 3.8) is 0 Å². The largest absolute Gasteiger partial charge is 0.436 e. The summed E-state index contributed by atoms with van der Waals surface area (Å²) in [7, 11) is 0. The summed E-state index contributed by atoms with van der Waals surface area (Å²) in [4.78, 5) is 23.5. The standard InChI is InChI=1S/C20H13F3N4O3/c1-11(28)26-19-27-18-15(3-2-4-16(18)30-19)29-17-9-14(24-10-25-17)12-5-7-13(8-6-12)20(21,22)23/h2-10H,1H3,(H,26,27,28). The second-order valence-corrected chi connectivity index (χ2v) is 6.22. The Balaban J connectivity index is 1.62. The molecule has 0 spiro atoms. The van der Waals surface area contributed by atoms with Crippen molar-refractivity contribution in [3.8, 4) is 22.9 Å². The topological polar surface area (TPSA) is 90.1 Å². The van der Waals surface area contributed by atoms with Crippen LogP contribution in [0.15, 0.2) is 59.3 Å². The Labute approximate surface area is 167 Å². The van der Waals surface area contributed by atoms with Crippen molar-refractivity contribution in [1.29, 1.82) is 0 Å². The molecule has 30 heavy (non-hydrogen) atoms. The molecule has 4 aromatic rings. The van der Waals surface area contributed by atoms with Gasteiger partial charge in [0.25, 0.3) is 0 Å². The molecule has 7 nitrogen and oxygen atoms in total. The molecule has 0 bridgehead atoms. The normalized spacial score (nSPS) is 11.5. The monoisotopic (exact) mass is 414 g/mol. The summed E-state index contributed by atoms with van der Waals surface area (Å²) in [6.07, 6.45) is -3.17. The molecule has 0 unspecified atom stereocenters. The first kappa shape index (κ1) is 19.4. The van der Waals surface area contributed by atoms with E-state index in [1.54, 1.807) is 18.2 Å². The van der Waals surface area contributed by atoms with Crippen LogP contribution < -0.4 is 10.1 Å². The van der Waals surface area contributed by atoms with Crippen molar-refractivity contribution in [3.05, 3.63) is 60.4 Å². The molecule has 0 aliphatic carbocycles. The lowest BCUT2D eigenvalue weighted by Crippen LogP contribution is -2.05. The van der Waals surface area contributed by atoms with Gasteiger partial charge >= 0.3 is 12.2 Å². The number of benzene rings is 2. The third-order valence-electron chi connectivity index (χ3n) is 4.03. The van der Waals surface area contributed by atoms with Crippen molar-refractivity contribution in [2.75, 3.05) is 5.32 Å². The second-order valence-electron chi connectivity index (χ2n) is 6.22. The number of carbonyl (C=O) groups is 1. The minimum absolute atomic E-state index is 0.0293. The van der Waals surface area contributed by atoms with Crippen LogP contribution in [0.3, 0.4) is 0 Å². The quantitative estimate of drug-likeness (QED) is 0.502.